The third-order valence-electron chi connectivity index (χ3n) is 5.20. The molecule has 1 fully saturated rings. The fourth-order valence-electron chi connectivity index (χ4n) is 3.70. The molecule has 0 aliphatic heterocycles. The molecule has 0 unspecified atom stereocenters. The Kier molecular flexibility index (Phi) is 4.75. The Bertz CT molecular complexity index is 920. The predicted molar refractivity (Wildman–Crippen MR) is 104 cm³/mol. The van der Waals surface area contributed by atoms with Gasteiger partial charge in [0, 0.05) is 31.9 Å². The van der Waals surface area contributed by atoms with E-state index in [2.05, 4.69) is 22.2 Å². The van der Waals surface area contributed by atoms with Gasteiger partial charge in [0.2, 0.25) is 5.91 Å². The van der Waals surface area contributed by atoms with Gasteiger partial charge < -0.3 is 4.90 Å². The fourth-order valence-corrected chi connectivity index (χ4v) is 3.70. The zero-order valence-corrected chi connectivity index (χ0v) is 15.7. The molecule has 1 amide bonds. The topological polar surface area (TPSA) is 51.0 Å². The summed E-state index contributed by atoms with van der Waals surface area (Å²) in [5.41, 5.74) is 4.31. The first kappa shape index (κ1) is 17.5. The third-order valence-corrected chi connectivity index (χ3v) is 5.20. The van der Waals surface area contributed by atoms with E-state index in [0.29, 0.717) is 19.0 Å². The molecule has 0 saturated heterocycles. The first-order chi connectivity index (χ1) is 13.1. The SMILES string of the molecule is Cc1cc(CN(Cc2cccnc2)C(=O)[C@H]2C[C@H]2c2ccccc2)n(C)n1. The Balaban J connectivity index is 1.54. The van der Waals surface area contributed by atoms with Crippen molar-refractivity contribution >= 4 is 5.91 Å². The summed E-state index contributed by atoms with van der Waals surface area (Å²) in [6.07, 6.45) is 4.51. The van der Waals surface area contributed by atoms with Crippen LogP contribution in [0.15, 0.2) is 60.9 Å². The van der Waals surface area contributed by atoms with Crippen molar-refractivity contribution in [3.63, 3.8) is 0 Å². The molecule has 1 aliphatic carbocycles. The van der Waals surface area contributed by atoms with Crippen LogP contribution in [-0.4, -0.2) is 25.6 Å². The summed E-state index contributed by atoms with van der Waals surface area (Å²) in [7, 11) is 1.93. The zero-order valence-electron chi connectivity index (χ0n) is 15.7. The van der Waals surface area contributed by atoms with Crippen molar-refractivity contribution in [3.8, 4) is 0 Å². The lowest BCUT2D eigenvalue weighted by atomic mass is 10.1. The monoisotopic (exact) mass is 360 g/mol. The van der Waals surface area contributed by atoms with Crippen molar-refractivity contribution in [2.45, 2.75) is 32.4 Å². The van der Waals surface area contributed by atoms with E-state index in [9.17, 15) is 4.79 Å². The quantitative estimate of drug-likeness (QED) is 0.676. The normalized spacial score (nSPS) is 18.3. The minimum atomic E-state index is 0.0680. The maximum atomic E-state index is 13.3. The van der Waals surface area contributed by atoms with Crippen molar-refractivity contribution in [2.75, 3.05) is 0 Å². The molecule has 27 heavy (non-hydrogen) atoms. The Morgan fingerprint density at radius 2 is 2.00 bits per heavy atom. The van der Waals surface area contributed by atoms with Gasteiger partial charge in [0.15, 0.2) is 0 Å². The molecule has 0 N–H and O–H groups in total. The van der Waals surface area contributed by atoms with E-state index in [1.165, 1.54) is 5.56 Å². The number of hydrogen-bond acceptors (Lipinski definition) is 3. The summed E-state index contributed by atoms with van der Waals surface area (Å²) < 4.78 is 1.86. The maximum absolute atomic E-state index is 13.3. The largest absolute Gasteiger partial charge is 0.332 e. The predicted octanol–water partition coefficient (Wildman–Crippen LogP) is 3.46. The van der Waals surface area contributed by atoms with Crippen LogP contribution in [0, 0.1) is 12.8 Å². The molecule has 2 heterocycles. The van der Waals surface area contributed by atoms with Crippen LogP contribution in [0.3, 0.4) is 0 Å². The van der Waals surface area contributed by atoms with Gasteiger partial charge in [-0.2, -0.15) is 5.10 Å². The molecule has 1 aromatic carbocycles. The lowest BCUT2D eigenvalue weighted by Crippen LogP contribution is -2.32. The van der Waals surface area contributed by atoms with E-state index in [1.807, 2.05) is 66.1 Å². The lowest BCUT2D eigenvalue weighted by Gasteiger charge is -2.23. The van der Waals surface area contributed by atoms with Crippen molar-refractivity contribution < 1.29 is 4.79 Å². The second kappa shape index (κ2) is 7.35. The van der Waals surface area contributed by atoms with Crippen molar-refractivity contribution in [2.24, 2.45) is 13.0 Å². The minimum absolute atomic E-state index is 0.0680. The van der Waals surface area contributed by atoms with E-state index in [4.69, 9.17) is 0 Å². The van der Waals surface area contributed by atoms with Gasteiger partial charge >= 0.3 is 0 Å². The van der Waals surface area contributed by atoms with E-state index >= 15 is 0 Å². The molecule has 1 aliphatic rings. The number of hydrogen-bond donors (Lipinski definition) is 0. The van der Waals surface area contributed by atoms with Crippen LogP contribution in [0.4, 0.5) is 0 Å². The molecule has 1 saturated carbocycles. The second-order valence-corrected chi connectivity index (χ2v) is 7.32. The summed E-state index contributed by atoms with van der Waals surface area (Å²) in [4.78, 5) is 19.4. The van der Waals surface area contributed by atoms with Crippen LogP contribution in [-0.2, 0) is 24.9 Å². The number of carbonyl (C=O) groups is 1. The van der Waals surface area contributed by atoms with Crippen LogP contribution < -0.4 is 0 Å². The van der Waals surface area contributed by atoms with E-state index in [1.54, 1.807) is 6.20 Å². The highest BCUT2D eigenvalue weighted by atomic mass is 16.2. The highest BCUT2D eigenvalue weighted by Gasteiger charge is 2.45. The molecule has 138 valence electrons. The Morgan fingerprint density at radius 1 is 1.19 bits per heavy atom. The van der Waals surface area contributed by atoms with Crippen molar-refractivity contribution in [3.05, 3.63) is 83.4 Å². The number of rotatable bonds is 6. The number of nitrogens with zero attached hydrogens (tertiary/aromatic N) is 4. The highest BCUT2D eigenvalue weighted by Crippen LogP contribution is 2.48. The summed E-state index contributed by atoms with van der Waals surface area (Å²) in [5.74, 6) is 0.619. The molecular weight excluding hydrogens is 336 g/mol. The summed E-state index contributed by atoms with van der Waals surface area (Å²) in [6, 6.07) is 16.3. The summed E-state index contributed by atoms with van der Waals surface area (Å²) >= 11 is 0. The zero-order chi connectivity index (χ0) is 18.8. The molecule has 2 aromatic heterocycles. The van der Waals surface area contributed by atoms with Gasteiger partial charge in [-0.3, -0.25) is 14.5 Å². The second-order valence-electron chi connectivity index (χ2n) is 7.32. The van der Waals surface area contributed by atoms with E-state index < -0.39 is 0 Å². The molecule has 0 bridgehead atoms. The fraction of sp³-hybridized carbons (Fsp3) is 0.318. The Morgan fingerprint density at radius 3 is 2.67 bits per heavy atom. The van der Waals surface area contributed by atoms with Crippen LogP contribution in [0.1, 0.15) is 34.9 Å². The molecule has 5 heteroatoms. The van der Waals surface area contributed by atoms with Gasteiger partial charge in [0.1, 0.15) is 0 Å². The first-order valence-corrected chi connectivity index (χ1v) is 9.34. The number of aryl methyl sites for hydroxylation is 2. The third kappa shape index (κ3) is 3.92. The number of pyridine rings is 1. The number of benzene rings is 1. The molecule has 4 rings (SSSR count). The van der Waals surface area contributed by atoms with Crippen LogP contribution in [0.5, 0.6) is 0 Å². The van der Waals surface area contributed by atoms with Crippen molar-refractivity contribution in [1.29, 1.82) is 0 Å². The average Bonchev–Trinajstić information content (AvgIpc) is 3.42. The van der Waals surface area contributed by atoms with Crippen LogP contribution >= 0.6 is 0 Å². The Labute approximate surface area is 159 Å². The number of aromatic nitrogens is 3. The van der Waals surface area contributed by atoms with Gasteiger partial charge in [0.25, 0.3) is 0 Å². The molecular formula is C22H24N4O. The van der Waals surface area contributed by atoms with Crippen LogP contribution in [0.2, 0.25) is 0 Å². The van der Waals surface area contributed by atoms with E-state index in [-0.39, 0.29) is 11.8 Å². The molecule has 3 aromatic rings. The van der Waals surface area contributed by atoms with Gasteiger partial charge in [-0.25, -0.2) is 0 Å². The van der Waals surface area contributed by atoms with Gasteiger partial charge in [-0.15, -0.1) is 0 Å². The van der Waals surface area contributed by atoms with Gasteiger partial charge in [0.05, 0.1) is 17.9 Å². The summed E-state index contributed by atoms with van der Waals surface area (Å²) in [6.45, 7) is 3.10. The smallest absolute Gasteiger partial charge is 0.226 e. The van der Waals surface area contributed by atoms with Gasteiger partial charge in [-0.1, -0.05) is 36.4 Å². The summed E-state index contributed by atoms with van der Waals surface area (Å²) in [5, 5.41) is 4.42. The maximum Gasteiger partial charge on any atom is 0.226 e. The molecule has 2 atom stereocenters. The molecule has 0 spiro atoms. The number of amides is 1. The van der Waals surface area contributed by atoms with Crippen LogP contribution in [0.25, 0.3) is 0 Å². The molecule has 5 nitrogen and oxygen atoms in total. The minimum Gasteiger partial charge on any atom is -0.332 e. The standard InChI is InChI=1S/C22H24N4O/c1-16-11-19(25(2)24-16)15-26(14-17-7-6-10-23-13-17)22(27)21-12-20(21)18-8-4-3-5-9-18/h3-11,13,20-21H,12,14-15H2,1-2H3/t20-,21-/m0/s1. The Hall–Kier alpha value is -2.95. The number of carbonyl (C=O) groups excluding carboxylic acids is 1. The average molecular weight is 360 g/mol. The lowest BCUT2D eigenvalue weighted by molar-refractivity contribution is -0.134. The first-order valence-electron chi connectivity index (χ1n) is 9.34. The van der Waals surface area contributed by atoms with E-state index in [0.717, 1.165) is 23.4 Å². The highest BCUT2D eigenvalue weighted by molar-refractivity contribution is 5.83. The van der Waals surface area contributed by atoms with Crippen molar-refractivity contribution in [1.82, 2.24) is 19.7 Å². The molecule has 0 radical (unpaired) electrons. The van der Waals surface area contributed by atoms with Gasteiger partial charge in [-0.05, 0) is 42.5 Å².